The number of aliphatic carboxylic acids is 1. The highest BCUT2D eigenvalue weighted by atomic mass is 32.2. The summed E-state index contributed by atoms with van der Waals surface area (Å²) < 4.78 is 84.9. The molecular weight excluding hydrogens is 673 g/mol. The van der Waals surface area contributed by atoms with Gasteiger partial charge in [0.05, 0.1) is 16.8 Å². The van der Waals surface area contributed by atoms with Crippen molar-refractivity contribution in [2.45, 2.75) is 49.7 Å². The van der Waals surface area contributed by atoms with Crippen LogP contribution in [-0.4, -0.2) is 28.8 Å². The van der Waals surface area contributed by atoms with Gasteiger partial charge in [0.25, 0.3) is 0 Å². The summed E-state index contributed by atoms with van der Waals surface area (Å²) in [5, 5.41) is 9.32. The highest BCUT2D eigenvalue weighted by molar-refractivity contribution is 7.99. The molecule has 0 aliphatic carbocycles. The van der Waals surface area contributed by atoms with Gasteiger partial charge in [0.2, 0.25) is 0 Å². The quantitative estimate of drug-likeness (QED) is 0.0904. The molecule has 4 rings (SSSR count). The van der Waals surface area contributed by atoms with E-state index in [4.69, 9.17) is 9.84 Å². The first kappa shape index (κ1) is 36.5. The molecule has 4 nitrogen and oxygen atoms in total. The Morgan fingerprint density at radius 1 is 1.02 bits per heavy atom. The number of thiazole rings is 1. The Balaban J connectivity index is 1.68. The fraction of sp³-hybridized carbons (Fsp3) is 0.222. The summed E-state index contributed by atoms with van der Waals surface area (Å²) in [6.45, 7) is 8.17. The van der Waals surface area contributed by atoms with Crippen LogP contribution in [0.15, 0.2) is 102 Å². The number of aromatic nitrogens is 1. The van der Waals surface area contributed by atoms with Gasteiger partial charge in [0, 0.05) is 20.6 Å². The first-order chi connectivity index (χ1) is 22.6. The summed E-state index contributed by atoms with van der Waals surface area (Å²) in [5.74, 6) is -0.660. The molecule has 0 fully saturated rings. The monoisotopic (exact) mass is 703 g/mol. The van der Waals surface area contributed by atoms with Gasteiger partial charge in [-0.05, 0) is 85.9 Å². The van der Waals surface area contributed by atoms with Crippen LogP contribution in [0.2, 0.25) is 0 Å². The van der Waals surface area contributed by atoms with Crippen molar-refractivity contribution >= 4 is 34.6 Å². The number of benzene rings is 3. The lowest BCUT2D eigenvalue weighted by molar-refractivity contribution is -0.139. The topological polar surface area (TPSA) is 59.4 Å². The zero-order valence-corrected chi connectivity index (χ0v) is 27.7. The molecule has 0 aliphatic rings. The van der Waals surface area contributed by atoms with Gasteiger partial charge < -0.3 is 9.84 Å². The van der Waals surface area contributed by atoms with Crippen LogP contribution < -0.4 is 4.74 Å². The minimum atomic E-state index is -4.50. The van der Waals surface area contributed by atoms with Crippen LogP contribution in [0.3, 0.4) is 0 Å². The summed E-state index contributed by atoms with van der Waals surface area (Å²) >= 11 is 2.91. The van der Waals surface area contributed by atoms with E-state index in [0.717, 1.165) is 45.2 Å². The van der Waals surface area contributed by atoms with Crippen LogP contribution in [0.4, 0.5) is 26.3 Å². The van der Waals surface area contributed by atoms with Crippen molar-refractivity contribution in [3.8, 4) is 16.3 Å². The molecule has 1 aromatic heterocycles. The van der Waals surface area contributed by atoms with Gasteiger partial charge in [0.1, 0.15) is 10.8 Å². The number of rotatable bonds is 12. The number of hydrogen-bond acceptors (Lipinski definition) is 5. The molecule has 1 atom stereocenters. The average Bonchev–Trinajstić information content (AvgIpc) is 3.41. The first-order valence-corrected chi connectivity index (χ1v) is 16.2. The number of thioether (sulfide) groups is 1. The van der Waals surface area contributed by atoms with Crippen molar-refractivity contribution in [3.05, 3.63) is 130 Å². The van der Waals surface area contributed by atoms with E-state index in [1.165, 1.54) is 48.2 Å². The van der Waals surface area contributed by atoms with E-state index in [1.54, 1.807) is 25.1 Å². The summed E-state index contributed by atoms with van der Waals surface area (Å²) in [7, 11) is 0. The Morgan fingerprint density at radius 2 is 1.69 bits per heavy atom. The van der Waals surface area contributed by atoms with Gasteiger partial charge in [-0.1, -0.05) is 55.1 Å². The van der Waals surface area contributed by atoms with Crippen LogP contribution in [0.25, 0.3) is 16.1 Å². The molecule has 0 bridgehead atoms. The highest BCUT2D eigenvalue weighted by Gasteiger charge is 2.32. The Labute approximate surface area is 282 Å². The zero-order chi connectivity index (χ0) is 35.2. The normalized spacial score (nSPS) is 13.4. The summed E-state index contributed by atoms with van der Waals surface area (Å²) in [6.07, 6.45) is -5.04. The van der Waals surface area contributed by atoms with Crippen molar-refractivity contribution in [1.82, 2.24) is 4.98 Å². The molecule has 4 aromatic rings. The Bertz CT molecular complexity index is 1820. The van der Waals surface area contributed by atoms with Crippen LogP contribution in [0.5, 0.6) is 5.75 Å². The van der Waals surface area contributed by atoms with Crippen molar-refractivity contribution in [2.75, 3.05) is 6.61 Å². The molecule has 0 spiro atoms. The van der Waals surface area contributed by atoms with Gasteiger partial charge in [-0.25, -0.2) is 9.78 Å². The van der Waals surface area contributed by atoms with Gasteiger partial charge >= 0.3 is 18.3 Å². The largest absolute Gasteiger partial charge is 0.482 e. The number of hydrogen-bond donors (Lipinski definition) is 1. The van der Waals surface area contributed by atoms with Crippen LogP contribution in [0, 0.1) is 13.8 Å². The van der Waals surface area contributed by atoms with Gasteiger partial charge in [-0.15, -0.1) is 23.1 Å². The van der Waals surface area contributed by atoms with Crippen molar-refractivity contribution in [2.24, 2.45) is 0 Å². The van der Waals surface area contributed by atoms with Gasteiger partial charge in [-0.2, -0.15) is 26.3 Å². The predicted molar refractivity (Wildman–Crippen MR) is 178 cm³/mol. The third kappa shape index (κ3) is 9.41. The van der Waals surface area contributed by atoms with Crippen molar-refractivity contribution < 1.29 is 41.0 Å². The number of carboxylic acids is 1. The molecule has 3 aromatic carbocycles. The molecule has 1 unspecified atom stereocenters. The standard InChI is InChI=1S/C36H31F6NO3S2/c1-5-24(19-27(6-2)35(37,38)39)25-9-7-23(8-10-25)18-31(47-29-15-16-30(21(3)17-29)46-20-32(44)45)33-22(4)43-34(48-33)26-11-13-28(14-12-26)36(40,41)42/h5-17,19,31H,1,18,20H2,2-4H3,(H,44,45)/b24-19+,27-6+. The number of allylic oxidation sites excluding steroid dienone is 5. The SMILES string of the molecule is C=C/C(=C\C(=C/C)C(F)(F)F)c1ccc(CC(Sc2ccc(OCC(=O)O)c(C)c2)c2sc(-c3ccc(C(F)(F)F)cc3)nc2C)cc1. The van der Waals surface area contributed by atoms with E-state index in [1.807, 2.05) is 31.2 Å². The number of alkyl halides is 6. The van der Waals surface area contributed by atoms with Crippen LogP contribution in [-0.2, 0) is 17.4 Å². The maximum Gasteiger partial charge on any atom is 0.416 e. The number of carbonyl (C=O) groups is 1. The highest BCUT2D eigenvalue weighted by Crippen LogP contribution is 2.45. The Kier molecular flexibility index (Phi) is 11.6. The summed E-state index contributed by atoms with van der Waals surface area (Å²) in [4.78, 5) is 17.4. The molecule has 1 N–H and O–H groups in total. The van der Waals surface area contributed by atoms with Gasteiger partial charge in [-0.3, -0.25) is 0 Å². The maximum absolute atomic E-state index is 13.4. The molecule has 252 valence electrons. The zero-order valence-electron chi connectivity index (χ0n) is 26.1. The molecule has 0 radical (unpaired) electrons. The lowest BCUT2D eigenvalue weighted by Gasteiger charge is -2.18. The van der Waals surface area contributed by atoms with Gasteiger partial charge in [0.15, 0.2) is 6.61 Å². The van der Waals surface area contributed by atoms with Crippen LogP contribution in [0.1, 0.15) is 45.0 Å². The predicted octanol–water partition coefficient (Wildman–Crippen LogP) is 11.1. The number of carboxylic acid groups (broad SMARTS) is 1. The summed E-state index contributed by atoms with van der Waals surface area (Å²) in [5.41, 5.74) is 2.24. The smallest absolute Gasteiger partial charge is 0.416 e. The second kappa shape index (κ2) is 15.3. The maximum atomic E-state index is 13.4. The van der Waals surface area contributed by atoms with Crippen molar-refractivity contribution in [3.63, 3.8) is 0 Å². The van der Waals surface area contributed by atoms with Crippen molar-refractivity contribution in [1.29, 1.82) is 0 Å². The first-order valence-electron chi connectivity index (χ1n) is 14.5. The number of ether oxygens (including phenoxy) is 1. The molecule has 0 saturated carbocycles. The Hall–Kier alpha value is -4.29. The molecule has 0 aliphatic heterocycles. The van der Waals surface area contributed by atoms with E-state index >= 15 is 0 Å². The second-order valence-electron chi connectivity index (χ2n) is 10.7. The third-order valence-electron chi connectivity index (χ3n) is 7.24. The third-order valence-corrected chi connectivity index (χ3v) is 9.92. The molecule has 1 heterocycles. The average molecular weight is 704 g/mol. The van der Waals surface area contributed by atoms with E-state index in [0.29, 0.717) is 39.6 Å². The minimum absolute atomic E-state index is 0.212. The van der Waals surface area contributed by atoms with E-state index in [2.05, 4.69) is 11.6 Å². The molecule has 0 saturated heterocycles. The molecule has 12 heteroatoms. The van der Waals surface area contributed by atoms with E-state index in [9.17, 15) is 31.1 Å². The van der Waals surface area contributed by atoms with E-state index in [-0.39, 0.29) is 5.25 Å². The lowest BCUT2D eigenvalue weighted by Crippen LogP contribution is -2.10. The number of aryl methyl sites for hydroxylation is 2. The molecule has 0 amide bonds. The fourth-order valence-electron chi connectivity index (χ4n) is 4.78. The number of halogens is 6. The lowest BCUT2D eigenvalue weighted by atomic mass is 9.99. The minimum Gasteiger partial charge on any atom is -0.482 e. The Morgan fingerprint density at radius 3 is 2.23 bits per heavy atom. The van der Waals surface area contributed by atoms with E-state index < -0.39 is 36.1 Å². The second-order valence-corrected chi connectivity index (χ2v) is 13.0. The molecule has 48 heavy (non-hydrogen) atoms. The molecular formula is C36H31F6NO3S2. The van der Waals surface area contributed by atoms with Crippen LogP contribution >= 0.6 is 23.1 Å². The number of nitrogens with zero attached hydrogens (tertiary/aromatic N) is 1. The fourth-order valence-corrected chi connectivity index (χ4v) is 7.40. The summed E-state index contributed by atoms with van der Waals surface area (Å²) in [6, 6.07) is 17.4.